The molecular formula is C18H17N5O6S. The summed E-state index contributed by atoms with van der Waals surface area (Å²) < 4.78 is 33.9. The number of hydrazine groups is 1. The quantitative estimate of drug-likeness (QED) is 0.201. The Labute approximate surface area is 170 Å². The lowest BCUT2D eigenvalue weighted by molar-refractivity contribution is 0.0986. The Morgan fingerprint density at radius 1 is 1.07 bits per heavy atom. The number of aromatic nitrogens is 2. The summed E-state index contributed by atoms with van der Waals surface area (Å²) in [6, 6.07) is 12.0. The molecule has 5 N–H and O–H groups in total. The van der Waals surface area contributed by atoms with Crippen LogP contribution in [0.4, 0.5) is 17.1 Å². The van der Waals surface area contributed by atoms with E-state index in [1.807, 2.05) is 4.98 Å². The zero-order valence-electron chi connectivity index (χ0n) is 15.6. The number of para-hydroxylation sites is 1. The SMILES string of the molecule is Cc1ccccc1N(N)C(=O)c1cccc(N(c2c[nH]c(=O)[nH]c2=O)S(=O)(=O)O)c1. The Hall–Kier alpha value is -3.74. The molecule has 1 amide bonds. The van der Waals surface area contributed by atoms with Crippen molar-refractivity contribution >= 4 is 33.3 Å². The molecule has 0 saturated carbocycles. The fourth-order valence-electron chi connectivity index (χ4n) is 2.80. The number of nitrogens with zero attached hydrogens (tertiary/aromatic N) is 2. The predicted molar refractivity (Wildman–Crippen MR) is 110 cm³/mol. The van der Waals surface area contributed by atoms with E-state index < -0.39 is 33.1 Å². The monoisotopic (exact) mass is 431 g/mol. The van der Waals surface area contributed by atoms with Crippen molar-refractivity contribution in [3.05, 3.63) is 86.7 Å². The van der Waals surface area contributed by atoms with Crippen molar-refractivity contribution in [3.8, 4) is 0 Å². The molecule has 1 heterocycles. The minimum Gasteiger partial charge on any atom is -0.312 e. The Bertz CT molecular complexity index is 1330. The fourth-order valence-corrected chi connectivity index (χ4v) is 3.56. The zero-order valence-corrected chi connectivity index (χ0v) is 16.4. The van der Waals surface area contributed by atoms with Gasteiger partial charge in [-0.25, -0.2) is 20.0 Å². The standard InChI is InChI=1S/C18H17N5O6S/c1-11-5-2-3-8-14(11)22(19)17(25)12-6-4-7-13(9-12)23(30(27,28)29)15-10-20-18(26)21-16(15)24/h2-10H,19H2,1H3,(H,27,28,29)(H2,20,21,24,26). The van der Waals surface area contributed by atoms with Gasteiger partial charge in [-0.15, -0.1) is 0 Å². The Morgan fingerprint density at radius 3 is 2.40 bits per heavy atom. The van der Waals surface area contributed by atoms with Gasteiger partial charge in [0.1, 0.15) is 5.69 Å². The van der Waals surface area contributed by atoms with Gasteiger partial charge in [0, 0.05) is 11.8 Å². The lowest BCUT2D eigenvalue weighted by atomic mass is 10.1. The van der Waals surface area contributed by atoms with Crippen LogP contribution in [0.2, 0.25) is 0 Å². The highest BCUT2D eigenvalue weighted by Gasteiger charge is 2.26. The number of H-pyrrole nitrogens is 2. The van der Waals surface area contributed by atoms with E-state index in [-0.39, 0.29) is 15.6 Å². The zero-order chi connectivity index (χ0) is 22.1. The molecule has 0 spiro atoms. The minimum absolute atomic E-state index is 0.00671. The first-order valence-corrected chi connectivity index (χ1v) is 9.84. The van der Waals surface area contributed by atoms with Crippen molar-refractivity contribution in [3.63, 3.8) is 0 Å². The van der Waals surface area contributed by atoms with Crippen LogP contribution in [0.1, 0.15) is 15.9 Å². The Morgan fingerprint density at radius 2 is 1.77 bits per heavy atom. The third-order valence-corrected chi connectivity index (χ3v) is 5.04. The topological polar surface area (TPSA) is 170 Å². The Kier molecular flexibility index (Phi) is 5.56. The van der Waals surface area contributed by atoms with Crippen molar-refractivity contribution in [1.82, 2.24) is 9.97 Å². The van der Waals surface area contributed by atoms with Gasteiger partial charge >= 0.3 is 16.0 Å². The summed E-state index contributed by atoms with van der Waals surface area (Å²) in [5, 5.41) is 0.902. The molecule has 2 aromatic carbocycles. The van der Waals surface area contributed by atoms with E-state index in [2.05, 4.69) is 4.98 Å². The molecule has 0 saturated heterocycles. The van der Waals surface area contributed by atoms with Crippen LogP contribution in [0.25, 0.3) is 0 Å². The van der Waals surface area contributed by atoms with E-state index in [0.29, 0.717) is 5.69 Å². The molecule has 3 rings (SSSR count). The van der Waals surface area contributed by atoms with Crippen LogP contribution >= 0.6 is 0 Å². The molecule has 30 heavy (non-hydrogen) atoms. The number of aryl methyl sites for hydroxylation is 1. The van der Waals surface area contributed by atoms with Gasteiger partial charge in [0.25, 0.3) is 11.5 Å². The van der Waals surface area contributed by atoms with Gasteiger partial charge in [0.05, 0.1) is 11.4 Å². The molecule has 0 aliphatic rings. The van der Waals surface area contributed by atoms with E-state index >= 15 is 0 Å². The van der Waals surface area contributed by atoms with Gasteiger partial charge in [-0.3, -0.25) is 19.1 Å². The van der Waals surface area contributed by atoms with Crippen LogP contribution in [0.15, 0.2) is 64.3 Å². The van der Waals surface area contributed by atoms with Crippen LogP contribution in [0.3, 0.4) is 0 Å². The molecule has 0 atom stereocenters. The summed E-state index contributed by atoms with van der Waals surface area (Å²) >= 11 is 0. The maximum Gasteiger partial charge on any atom is 0.364 e. The number of aromatic amines is 2. The number of rotatable bonds is 5. The fraction of sp³-hybridized carbons (Fsp3) is 0.0556. The van der Waals surface area contributed by atoms with Crippen LogP contribution in [-0.4, -0.2) is 28.8 Å². The first-order chi connectivity index (χ1) is 14.1. The highest BCUT2D eigenvalue weighted by molar-refractivity contribution is 7.87. The summed E-state index contributed by atoms with van der Waals surface area (Å²) in [7, 11) is -4.99. The highest BCUT2D eigenvalue weighted by atomic mass is 32.2. The lowest BCUT2D eigenvalue weighted by Crippen LogP contribution is -2.38. The van der Waals surface area contributed by atoms with E-state index in [1.165, 1.54) is 18.2 Å². The first kappa shape index (κ1) is 21.0. The summed E-state index contributed by atoms with van der Waals surface area (Å²) in [5.41, 5.74) is -1.55. The average Bonchev–Trinajstić information content (AvgIpc) is 2.68. The normalized spacial score (nSPS) is 11.2. The molecule has 11 nitrogen and oxygen atoms in total. The van der Waals surface area contributed by atoms with Crippen LogP contribution < -0.4 is 26.4 Å². The summed E-state index contributed by atoms with van der Waals surface area (Å²) in [5.74, 6) is 5.29. The molecule has 0 aliphatic carbocycles. The molecule has 12 heteroatoms. The van der Waals surface area contributed by atoms with Crippen LogP contribution in [0.5, 0.6) is 0 Å². The number of amides is 1. The number of carbonyl (C=O) groups is 1. The molecule has 0 fully saturated rings. The lowest BCUT2D eigenvalue weighted by Gasteiger charge is -2.22. The van der Waals surface area contributed by atoms with Crippen molar-refractivity contribution in [2.45, 2.75) is 6.92 Å². The van der Waals surface area contributed by atoms with Gasteiger partial charge in [0.2, 0.25) is 0 Å². The van der Waals surface area contributed by atoms with E-state index in [9.17, 15) is 27.4 Å². The third-order valence-electron chi connectivity index (χ3n) is 4.17. The van der Waals surface area contributed by atoms with Crippen molar-refractivity contribution in [1.29, 1.82) is 0 Å². The third kappa shape index (κ3) is 4.15. The number of hydrogen-bond acceptors (Lipinski definition) is 6. The number of benzene rings is 2. The van der Waals surface area contributed by atoms with Gasteiger partial charge in [-0.05, 0) is 36.8 Å². The average molecular weight is 431 g/mol. The predicted octanol–water partition coefficient (Wildman–Crippen LogP) is 0.833. The molecule has 0 aliphatic heterocycles. The second-order valence-corrected chi connectivity index (χ2v) is 7.47. The molecule has 0 unspecified atom stereocenters. The van der Waals surface area contributed by atoms with E-state index in [4.69, 9.17) is 5.84 Å². The molecule has 1 aromatic heterocycles. The van der Waals surface area contributed by atoms with E-state index in [0.717, 1.165) is 22.8 Å². The van der Waals surface area contributed by atoms with E-state index in [1.54, 1.807) is 31.2 Å². The molecule has 0 bridgehead atoms. The molecule has 3 aromatic rings. The summed E-state index contributed by atoms with van der Waals surface area (Å²) in [6.45, 7) is 1.77. The maximum atomic E-state index is 12.8. The minimum atomic E-state index is -4.99. The largest absolute Gasteiger partial charge is 0.364 e. The number of hydrogen-bond donors (Lipinski definition) is 4. The number of nitrogens with one attached hydrogen (secondary N) is 2. The van der Waals surface area contributed by atoms with Crippen molar-refractivity contribution in [2.75, 3.05) is 9.31 Å². The smallest absolute Gasteiger partial charge is 0.312 e. The van der Waals surface area contributed by atoms with Crippen LogP contribution in [-0.2, 0) is 10.3 Å². The van der Waals surface area contributed by atoms with Crippen LogP contribution in [0, 0.1) is 6.92 Å². The summed E-state index contributed by atoms with van der Waals surface area (Å²) in [4.78, 5) is 40.1. The number of carbonyl (C=O) groups excluding carboxylic acids is 1. The first-order valence-electron chi connectivity index (χ1n) is 8.44. The summed E-state index contributed by atoms with van der Waals surface area (Å²) in [6.07, 6.45) is 0.825. The van der Waals surface area contributed by atoms with Gasteiger partial charge < -0.3 is 4.98 Å². The second kappa shape index (κ2) is 7.94. The van der Waals surface area contributed by atoms with Gasteiger partial charge in [-0.1, -0.05) is 24.3 Å². The maximum absolute atomic E-state index is 12.8. The second-order valence-electron chi connectivity index (χ2n) is 6.21. The van der Waals surface area contributed by atoms with Crippen molar-refractivity contribution < 1.29 is 17.8 Å². The number of nitrogens with two attached hydrogens (primary N) is 1. The molecule has 0 radical (unpaired) electrons. The highest BCUT2D eigenvalue weighted by Crippen LogP contribution is 2.27. The van der Waals surface area contributed by atoms with Gasteiger partial charge in [0.15, 0.2) is 0 Å². The van der Waals surface area contributed by atoms with Crippen molar-refractivity contribution in [2.24, 2.45) is 5.84 Å². The Balaban J connectivity index is 2.08. The molecular weight excluding hydrogens is 414 g/mol. The number of anilines is 3. The van der Waals surface area contributed by atoms with Gasteiger partial charge in [-0.2, -0.15) is 8.42 Å². The molecule has 156 valence electrons.